The van der Waals surface area contributed by atoms with Gasteiger partial charge in [-0.15, -0.1) is 0 Å². The van der Waals surface area contributed by atoms with Gasteiger partial charge >= 0.3 is 5.97 Å². The molecule has 2 aromatic rings. The fourth-order valence-electron chi connectivity index (χ4n) is 2.20. The van der Waals surface area contributed by atoms with E-state index in [1.54, 1.807) is 43.3 Å². The highest BCUT2D eigenvalue weighted by molar-refractivity contribution is 6.35. The molecule has 0 fully saturated rings. The van der Waals surface area contributed by atoms with Gasteiger partial charge in [-0.3, -0.25) is 9.59 Å². The number of Topliss-reactive ketones (excluding diaryl/α,β-unsaturated/α-hetero) is 1. The van der Waals surface area contributed by atoms with Crippen LogP contribution in [0.4, 0.5) is 5.69 Å². The molecule has 0 radical (unpaired) electrons. The van der Waals surface area contributed by atoms with E-state index in [9.17, 15) is 14.4 Å². The summed E-state index contributed by atoms with van der Waals surface area (Å²) in [5.74, 6) is -0.841. The predicted molar refractivity (Wildman–Crippen MR) is 107 cm³/mol. The van der Waals surface area contributed by atoms with E-state index in [0.29, 0.717) is 33.5 Å². The molecule has 0 aliphatic rings. The van der Waals surface area contributed by atoms with Crippen LogP contribution in [0.15, 0.2) is 42.5 Å². The first-order valence-corrected chi connectivity index (χ1v) is 9.27. The number of carbonyl (C=O) groups is 3. The van der Waals surface area contributed by atoms with Crippen LogP contribution in [0.5, 0.6) is 5.75 Å². The predicted octanol–water partition coefficient (Wildman–Crippen LogP) is 4.54. The van der Waals surface area contributed by atoms with E-state index in [2.05, 4.69) is 5.32 Å². The third-order valence-corrected chi connectivity index (χ3v) is 4.28. The minimum atomic E-state index is -1.06. The first-order valence-electron chi connectivity index (χ1n) is 8.51. The number of esters is 1. The van der Waals surface area contributed by atoms with Crippen LogP contribution in [-0.2, 0) is 14.3 Å². The zero-order valence-electron chi connectivity index (χ0n) is 15.3. The number of carbonyl (C=O) groups excluding carboxylic acids is 3. The van der Waals surface area contributed by atoms with Crippen LogP contribution in [0.1, 0.15) is 30.6 Å². The zero-order valence-corrected chi connectivity index (χ0v) is 16.8. The van der Waals surface area contributed by atoms with Crippen molar-refractivity contribution in [2.45, 2.75) is 26.4 Å². The summed E-state index contributed by atoms with van der Waals surface area (Å²) in [5.41, 5.74) is 0.891. The van der Waals surface area contributed by atoms with Crippen molar-refractivity contribution in [1.29, 1.82) is 0 Å². The van der Waals surface area contributed by atoms with Crippen LogP contribution in [0.2, 0.25) is 10.0 Å². The normalized spacial score (nSPS) is 11.4. The molecule has 1 atom stereocenters. The Hall–Kier alpha value is -2.57. The molecule has 0 saturated carbocycles. The van der Waals surface area contributed by atoms with Crippen molar-refractivity contribution in [3.05, 3.63) is 58.1 Å². The van der Waals surface area contributed by atoms with E-state index in [1.807, 2.05) is 0 Å². The Kier molecular flexibility index (Phi) is 7.84. The number of hydrogen-bond acceptors (Lipinski definition) is 5. The molecule has 0 aliphatic carbocycles. The molecule has 148 valence electrons. The Bertz CT molecular complexity index is 867. The van der Waals surface area contributed by atoms with E-state index in [4.69, 9.17) is 32.7 Å². The van der Waals surface area contributed by atoms with Crippen LogP contribution in [0.3, 0.4) is 0 Å². The highest BCUT2D eigenvalue weighted by Gasteiger charge is 2.19. The average molecular weight is 424 g/mol. The van der Waals surface area contributed by atoms with Gasteiger partial charge in [-0.05, 0) is 49.4 Å². The highest BCUT2D eigenvalue weighted by atomic mass is 35.5. The van der Waals surface area contributed by atoms with Gasteiger partial charge in [0.1, 0.15) is 5.75 Å². The van der Waals surface area contributed by atoms with Crippen molar-refractivity contribution in [3.63, 3.8) is 0 Å². The molecule has 8 heteroatoms. The lowest BCUT2D eigenvalue weighted by Crippen LogP contribution is -2.31. The van der Waals surface area contributed by atoms with Gasteiger partial charge in [0.05, 0.1) is 10.7 Å². The summed E-state index contributed by atoms with van der Waals surface area (Å²) in [6.45, 7) is 2.83. The molecule has 28 heavy (non-hydrogen) atoms. The van der Waals surface area contributed by atoms with Crippen molar-refractivity contribution < 1.29 is 23.9 Å². The van der Waals surface area contributed by atoms with Gasteiger partial charge in [0.25, 0.3) is 5.91 Å². The number of amides is 1. The third kappa shape index (κ3) is 6.25. The van der Waals surface area contributed by atoms with Gasteiger partial charge in [0.2, 0.25) is 0 Å². The van der Waals surface area contributed by atoms with Crippen molar-refractivity contribution in [2.24, 2.45) is 0 Å². The van der Waals surface area contributed by atoms with Crippen LogP contribution < -0.4 is 10.1 Å². The lowest BCUT2D eigenvalue weighted by atomic mass is 10.1. The molecule has 6 nitrogen and oxygen atoms in total. The smallest absolute Gasteiger partial charge is 0.344 e. The molecular formula is C20H19Cl2NO5. The maximum atomic E-state index is 12.2. The summed E-state index contributed by atoms with van der Waals surface area (Å²) < 4.78 is 10.4. The number of rotatable bonds is 8. The summed E-state index contributed by atoms with van der Waals surface area (Å²) in [5, 5.41) is 3.26. The summed E-state index contributed by atoms with van der Waals surface area (Å²) in [4.78, 5) is 35.6. The van der Waals surface area contributed by atoms with Gasteiger partial charge < -0.3 is 14.8 Å². The summed E-state index contributed by atoms with van der Waals surface area (Å²) in [7, 11) is 0. The van der Waals surface area contributed by atoms with Gasteiger partial charge in [-0.2, -0.15) is 0 Å². The Morgan fingerprint density at radius 3 is 2.39 bits per heavy atom. The van der Waals surface area contributed by atoms with E-state index < -0.39 is 18.0 Å². The molecule has 1 N–H and O–H groups in total. The fourth-order valence-corrected chi connectivity index (χ4v) is 2.53. The van der Waals surface area contributed by atoms with Crippen LogP contribution >= 0.6 is 23.2 Å². The zero-order chi connectivity index (χ0) is 20.7. The largest absolute Gasteiger partial charge is 0.482 e. The van der Waals surface area contributed by atoms with Crippen LogP contribution in [0, 0.1) is 0 Å². The number of ether oxygens (including phenoxy) is 2. The Morgan fingerprint density at radius 2 is 1.75 bits per heavy atom. The van der Waals surface area contributed by atoms with Crippen molar-refractivity contribution in [2.75, 3.05) is 11.9 Å². The molecule has 1 unspecified atom stereocenters. The van der Waals surface area contributed by atoms with Gasteiger partial charge in [0, 0.05) is 17.0 Å². The monoisotopic (exact) mass is 423 g/mol. The van der Waals surface area contributed by atoms with Gasteiger partial charge in [-0.1, -0.05) is 30.1 Å². The summed E-state index contributed by atoms with van der Waals surface area (Å²) in [6, 6.07) is 11.1. The molecule has 2 aromatic carbocycles. The number of halogens is 2. The van der Waals surface area contributed by atoms with Crippen LogP contribution in [0.25, 0.3) is 0 Å². The van der Waals surface area contributed by atoms with E-state index >= 15 is 0 Å². The number of anilines is 1. The number of nitrogens with one attached hydrogen (secondary N) is 1. The third-order valence-electron chi connectivity index (χ3n) is 3.72. The van der Waals surface area contributed by atoms with Gasteiger partial charge in [0.15, 0.2) is 18.5 Å². The molecular weight excluding hydrogens is 405 g/mol. The van der Waals surface area contributed by atoms with Gasteiger partial charge in [-0.25, -0.2) is 4.79 Å². The lowest BCUT2D eigenvalue weighted by Gasteiger charge is -2.14. The first-order chi connectivity index (χ1) is 13.3. The van der Waals surface area contributed by atoms with E-state index in [0.717, 1.165) is 0 Å². The molecule has 0 spiro atoms. The Balaban J connectivity index is 1.84. The maximum absolute atomic E-state index is 12.2. The topological polar surface area (TPSA) is 81.7 Å². The minimum Gasteiger partial charge on any atom is -0.482 e. The molecule has 0 aromatic heterocycles. The molecule has 0 aliphatic heterocycles. The molecule has 1 amide bonds. The summed E-state index contributed by atoms with van der Waals surface area (Å²) in [6.07, 6.45) is -0.650. The Morgan fingerprint density at radius 1 is 1.07 bits per heavy atom. The number of ketones is 1. The molecule has 0 bridgehead atoms. The standard InChI is InChI=1S/C20H19Cl2NO5/c1-3-18(24)13-4-7-15(8-5-13)27-11-19(25)28-12(2)20(26)23-17-10-14(21)6-9-16(17)22/h4-10,12H,3,11H2,1-2H3,(H,23,26). The quantitative estimate of drug-likeness (QED) is 0.497. The SMILES string of the molecule is CCC(=O)c1ccc(OCC(=O)OC(C)C(=O)Nc2cc(Cl)ccc2Cl)cc1. The second kappa shape index (κ2) is 10.1. The second-order valence-electron chi connectivity index (χ2n) is 5.84. The number of benzene rings is 2. The first kappa shape index (κ1) is 21.7. The maximum Gasteiger partial charge on any atom is 0.344 e. The molecule has 0 saturated heterocycles. The minimum absolute atomic E-state index is 0.0191. The number of hydrogen-bond donors (Lipinski definition) is 1. The van der Waals surface area contributed by atoms with Crippen LogP contribution in [-0.4, -0.2) is 30.4 Å². The highest BCUT2D eigenvalue weighted by Crippen LogP contribution is 2.25. The van der Waals surface area contributed by atoms with Crippen molar-refractivity contribution in [3.8, 4) is 5.75 Å². The molecule has 2 rings (SSSR count). The average Bonchev–Trinajstić information content (AvgIpc) is 2.68. The summed E-state index contributed by atoms with van der Waals surface area (Å²) >= 11 is 11.9. The second-order valence-corrected chi connectivity index (χ2v) is 6.68. The Labute approximate surface area is 172 Å². The van der Waals surface area contributed by atoms with Crippen molar-refractivity contribution in [1.82, 2.24) is 0 Å². The van der Waals surface area contributed by atoms with E-state index in [-0.39, 0.29) is 12.4 Å². The molecule has 0 heterocycles. The van der Waals surface area contributed by atoms with E-state index in [1.165, 1.54) is 13.0 Å². The fraction of sp³-hybridized carbons (Fsp3) is 0.250. The van der Waals surface area contributed by atoms with Crippen molar-refractivity contribution >= 4 is 46.5 Å². The lowest BCUT2D eigenvalue weighted by molar-refractivity contribution is -0.155.